The monoisotopic (exact) mass is 403 g/mol. The summed E-state index contributed by atoms with van der Waals surface area (Å²) in [6.45, 7) is 6.41. The highest BCUT2D eigenvalue weighted by Crippen LogP contribution is 2.36. The summed E-state index contributed by atoms with van der Waals surface area (Å²) in [5, 5.41) is 9.95. The van der Waals surface area contributed by atoms with Crippen molar-refractivity contribution in [1.82, 2.24) is 15.4 Å². The molecule has 0 saturated carbocycles. The van der Waals surface area contributed by atoms with Gasteiger partial charge in [-0.25, -0.2) is 5.48 Å². The van der Waals surface area contributed by atoms with Crippen molar-refractivity contribution in [2.45, 2.75) is 39.2 Å². The fourth-order valence-corrected chi connectivity index (χ4v) is 4.61. The lowest BCUT2D eigenvalue weighted by Crippen LogP contribution is -2.29. The summed E-state index contributed by atoms with van der Waals surface area (Å²) in [5.74, 6) is -0.516. The van der Waals surface area contributed by atoms with Gasteiger partial charge in [0.1, 0.15) is 0 Å². The zero-order valence-corrected chi connectivity index (χ0v) is 17.6. The van der Waals surface area contributed by atoms with Crippen molar-refractivity contribution in [1.29, 1.82) is 0 Å². The molecule has 0 aliphatic heterocycles. The molecule has 0 spiro atoms. The van der Waals surface area contributed by atoms with Gasteiger partial charge in [0.05, 0.1) is 0 Å². The molecule has 1 aliphatic carbocycles. The highest BCUT2D eigenvalue weighted by Gasteiger charge is 2.27. The summed E-state index contributed by atoms with van der Waals surface area (Å²) in [6.07, 6.45) is 8.43. The highest BCUT2D eigenvalue weighted by atomic mass is 16.5. The summed E-state index contributed by atoms with van der Waals surface area (Å²) in [7, 11) is 0. The number of amides is 1. The number of carbonyl (C=O) groups excluding carboxylic acids is 1. The van der Waals surface area contributed by atoms with Crippen LogP contribution in [0, 0.1) is 6.92 Å². The fourth-order valence-electron chi connectivity index (χ4n) is 4.61. The number of hydroxylamine groups is 1. The van der Waals surface area contributed by atoms with Gasteiger partial charge < -0.3 is 4.98 Å². The number of nitrogens with zero attached hydrogens (tertiary/aromatic N) is 1. The van der Waals surface area contributed by atoms with Gasteiger partial charge in [-0.1, -0.05) is 37.3 Å². The number of hydrogen-bond acceptors (Lipinski definition) is 3. The molecule has 1 aliphatic rings. The first-order chi connectivity index (χ1) is 14.6. The standard InChI is InChI=1S/C25H29N3O2/c1-3-28(13-12-20-16-26-23-14-17(2)4-8-21(20)23)24-10-7-19-15-18(5-9-22(19)24)6-11-25(29)27-30/h4-6,8-9,11,14-16,24,26,30H,3,7,10,12-13H2,1-2H3,(H,27,29). The second kappa shape index (κ2) is 8.86. The van der Waals surface area contributed by atoms with Gasteiger partial charge in [0.15, 0.2) is 0 Å². The van der Waals surface area contributed by atoms with Crippen LogP contribution in [0.15, 0.2) is 48.7 Å². The third kappa shape index (κ3) is 4.18. The fraction of sp³-hybridized carbons (Fsp3) is 0.320. The number of carbonyl (C=O) groups is 1. The molecule has 1 amide bonds. The number of nitrogens with one attached hydrogen (secondary N) is 2. The number of aromatic nitrogens is 1. The summed E-state index contributed by atoms with van der Waals surface area (Å²) >= 11 is 0. The van der Waals surface area contributed by atoms with E-state index in [0.717, 1.165) is 37.9 Å². The predicted molar refractivity (Wildman–Crippen MR) is 120 cm³/mol. The second-order valence-electron chi connectivity index (χ2n) is 8.06. The SMILES string of the molecule is CCN(CCc1c[nH]c2cc(C)ccc12)C1CCc2cc(C=CC(=O)NO)ccc21. The average molecular weight is 404 g/mol. The largest absolute Gasteiger partial charge is 0.361 e. The molecule has 156 valence electrons. The van der Waals surface area contributed by atoms with Crippen LogP contribution in [0.4, 0.5) is 0 Å². The molecule has 1 unspecified atom stereocenters. The van der Waals surface area contributed by atoms with E-state index in [4.69, 9.17) is 5.21 Å². The Kier molecular flexibility index (Phi) is 6.02. The highest BCUT2D eigenvalue weighted by molar-refractivity contribution is 5.90. The van der Waals surface area contributed by atoms with Crippen LogP contribution in [0.2, 0.25) is 0 Å². The van der Waals surface area contributed by atoms with E-state index < -0.39 is 5.91 Å². The Morgan fingerprint density at radius 2 is 2.17 bits per heavy atom. The number of aromatic amines is 1. The van der Waals surface area contributed by atoms with E-state index in [-0.39, 0.29) is 0 Å². The number of fused-ring (bicyclic) bond motifs is 2. The molecule has 2 aromatic carbocycles. The van der Waals surface area contributed by atoms with Crippen LogP contribution in [-0.4, -0.2) is 34.1 Å². The van der Waals surface area contributed by atoms with Gasteiger partial charge in [0, 0.05) is 35.8 Å². The lowest BCUT2D eigenvalue weighted by atomic mass is 10.0. The van der Waals surface area contributed by atoms with Crippen LogP contribution in [0.3, 0.4) is 0 Å². The Labute approximate surface area is 177 Å². The van der Waals surface area contributed by atoms with Crippen molar-refractivity contribution in [2.24, 2.45) is 0 Å². The van der Waals surface area contributed by atoms with Crippen molar-refractivity contribution in [3.05, 3.63) is 76.5 Å². The van der Waals surface area contributed by atoms with Crippen molar-refractivity contribution >= 4 is 22.9 Å². The molecule has 4 rings (SSSR count). The zero-order valence-electron chi connectivity index (χ0n) is 17.6. The smallest absolute Gasteiger partial charge is 0.267 e. The van der Waals surface area contributed by atoms with Crippen LogP contribution < -0.4 is 5.48 Å². The summed E-state index contributed by atoms with van der Waals surface area (Å²) < 4.78 is 0. The molecule has 3 aromatic rings. The Morgan fingerprint density at radius 1 is 1.30 bits per heavy atom. The Bertz CT molecular complexity index is 1080. The number of rotatable bonds is 7. The van der Waals surface area contributed by atoms with Crippen LogP contribution in [0.1, 0.15) is 47.2 Å². The van der Waals surface area contributed by atoms with E-state index in [1.54, 1.807) is 11.6 Å². The Hall–Kier alpha value is -2.89. The molecular weight excluding hydrogens is 374 g/mol. The van der Waals surface area contributed by atoms with Crippen LogP contribution in [0.25, 0.3) is 17.0 Å². The van der Waals surface area contributed by atoms with E-state index in [1.807, 2.05) is 6.07 Å². The molecule has 1 atom stereocenters. The number of aryl methyl sites for hydroxylation is 2. The van der Waals surface area contributed by atoms with Gasteiger partial charge in [-0.05, 0) is 72.7 Å². The maximum absolute atomic E-state index is 11.2. The number of likely N-dealkylation sites (N-methyl/N-ethyl adjacent to an activating group) is 1. The van der Waals surface area contributed by atoms with E-state index in [9.17, 15) is 4.79 Å². The lowest BCUT2D eigenvalue weighted by molar-refractivity contribution is -0.124. The van der Waals surface area contributed by atoms with Gasteiger partial charge >= 0.3 is 0 Å². The van der Waals surface area contributed by atoms with Crippen molar-refractivity contribution in [3.8, 4) is 0 Å². The van der Waals surface area contributed by atoms with Crippen LogP contribution >= 0.6 is 0 Å². The third-order valence-electron chi connectivity index (χ3n) is 6.19. The first kappa shape index (κ1) is 20.4. The number of benzene rings is 2. The first-order valence-corrected chi connectivity index (χ1v) is 10.6. The molecule has 30 heavy (non-hydrogen) atoms. The van der Waals surface area contributed by atoms with Gasteiger partial charge in [0.25, 0.3) is 5.91 Å². The van der Waals surface area contributed by atoms with Crippen LogP contribution in [0.5, 0.6) is 0 Å². The molecule has 0 saturated heterocycles. The second-order valence-corrected chi connectivity index (χ2v) is 8.06. The normalized spacial score (nSPS) is 15.9. The van der Waals surface area contributed by atoms with Gasteiger partial charge in [-0.15, -0.1) is 0 Å². The Morgan fingerprint density at radius 3 is 2.97 bits per heavy atom. The molecule has 0 bridgehead atoms. The van der Waals surface area contributed by atoms with Gasteiger partial charge in [0.2, 0.25) is 0 Å². The number of hydrogen-bond donors (Lipinski definition) is 3. The minimum atomic E-state index is -0.516. The summed E-state index contributed by atoms with van der Waals surface area (Å²) in [4.78, 5) is 17.2. The molecule has 1 heterocycles. The predicted octanol–water partition coefficient (Wildman–Crippen LogP) is 4.55. The van der Waals surface area contributed by atoms with Gasteiger partial charge in [-0.3, -0.25) is 14.9 Å². The van der Waals surface area contributed by atoms with Gasteiger partial charge in [-0.2, -0.15) is 0 Å². The van der Waals surface area contributed by atoms with Crippen molar-refractivity contribution in [2.75, 3.05) is 13.1 Å². The van der Waals surface area contributed by atoms with E-state index in [1.165, 1.54) is 39.2 Å². The molecule has 0 radical (unpaired) electrons. The van der Waals surface area contributed by atoms with E-state index in [2.05, 4.69) is 60.3 Å². The maximum atomic E-state index is 11.2. The summed E-state index contributed by atoms with van der Waals surface area (Å²) in [5.41, 5.74) is 9.23. The minimum Gasteiger partial charge on any atom is -0.361 e. The van der Waals surface area contributed by atoms with Crippen molar-refractivity contribution < 1.29 is 10.0 Å². The van der Waals surface area contributed by atoms with Crippen LogP contribution in [-0.2, 0) is 17.6 Å². The third-order valence-corrected chi connectivity index (χ3v) is 6.19. The molecule has 3 N–H and O–H groups in total. The van der Waals surface area contributed by atoms with E-state index >= 15 is 0 Å². The average Bonchev–Trinajstić information content (AvgIpc) is 3.36. The molecule has 5 nitrogen and oxygen atoms in total. The quantitative estimate of drug-likeness (QED) is 0.308. The number of H-pyrrole nitrogens is 1. The topological polar surface area (TPSA) is 68.4 Å². The molecular formula is C25H29N3O2. The molecule has 5 heteroatoms. The van der Waals surface area contributed by atoms with E-state index in [0.29, 0.717) is 6.04 Å². The molecule has 1 aromatic heterocycles. The molecule has 0 fully saturated rings. The lowest BCUT2D eigenvalue weighted by Gasteiger charge is -2.28. The minimum absolute atomic E-state index is 0.441. The summed E-state index contributed by atoms with van der Waals surface area (Å²) in [6, 6.07) is 13.5. The zero-order chi connectivity index (χ0) is 21.1. The maximum Gasteiger partial charge on any atom is 0.267 e. The van der Waals surface area contributed by atoms with Crippen molar-refractivity contribution in [3.63, 3.8) is 0 Å². The Balaban J connectivity index is 1.47. The first-order valence-electron chi connectivity index (χ1n) is 10.6.